The monoisotopic (exact) mass is 549 g/mol. The zero-order chi connectivity index (χ0) is 27.6. The summed E-state index contributed by atoms with van der Waals surface area (Å²) in [7, 11) is -3.89. The van der Waals surface area contributed by atoms with E-state index in [9.17, 15) is 22.8 Å². The summed E-state index contributed by atoms with van der Waals surface area (Å²) in [6.45, 7) is 5.50. The van der Waals surface area contributed by atoms with Gasteiger partial charge in [-0.05, 0) is 44.2 Å². The fourth-order valence-corrected chi connectivity index (χ4v) is 6.58. The van der Waals surface area contributed by atoms with Crippen LogP contribution in [0.5, 0.6) is 0 Å². The highest BCUT2D eigenvalue weighted by atomic mass is 32.2. The molecule has 3 aromatic heterocycles. The number of anilines is 1. The minimum absolute atomic E-state index is 0.00445. The molecule has 0 bridgehead atoms. The van der Waals surface area contributed by atoms with Crippen LogP contribution in [0.1, 0.15) is 43.8 Å². The molecule has 0 spiro atoms. The van der Waals surface area contributed by atoms with Gasteiger partial charge in [-0.3, -0.25) is 14.4 Å². The lowest BCUT2D eigenvalue weighted by molar-refractivity contribution is 0.0730. The quantitative estimate of drug-likeness (QED) is 0.351. The number of fused-ring (bicyclic) bond motifs is 3. The molecule has 200 valence electrons. The van der Waals surface area contributed by atoms with E-state index < -0.39 is 21.8 Å². The van der Waals surface area contributed by atoms with E-state index in [2.05, 4.69) is 10.1 Å². The van der Waals surface area contributed by atoms with Crippen molar-refractivity contribution >= 4 is 44.3 Å². The Kier molecular flexibility index (Phi) is 5.75. The lowest BCUT2D eigenvalue weighted by atomic mass is 10.0. The summed E-state index contributed by atoms with van der Waals surface area (Å²) >= 11 is 0. The average Bonchev–Trinajstić information content (AvgIpc) is 3.62. The molecule has 0 saturated carbocycles. The topological polar surface area (TPSA) is 145 Å². The van der Waals surface area contributed by atoms with Gasteiger partial charge in [-0.1, -0.05) is 0 Å². The molecule has 1 aromatic carbocycles. The maximum absolute atomic E-state index is 14.0. The summed E-state index contributed by atoms with van der Waals surface area (Å²) in [5, 5.41) is 4.42. The molecule has 0 radical (unpaired) electrons. The normalized spacial score (nSPS) is 16.3. The van der Waals surface area contributed by atoms with Crippen molar-refractivity contribution in [1.82, 2.24) is 19.1 Å². The third-order valence-corrected chi connectivity index (χ3v) is 8.82. The van der Waals surface area contributed by atoms with Gasteiger partial charge in [0.15, 0.2) is 5.76 Å². The number of amides is 2. The Bertz CT molecular complexity index is 1800. The SMILES string of the molecule is CC(=O)n1nc(C)c(N2C(=O)c3c(-c4ccco4)nc4ccc(S(=O)(=O)N5CCOCC5)cc4c3C2=O)c1C. The Morgan fingerprint density at radius 1 is 1.03 bits per heavy atom. The van der Waals surface area contributed by atoms with E-state index in [0.717, 1.165) is 9.58 Å². The molecule has 13 heteroatoms. The van der Waals surface area contributed by atoms with Gasteiger partial charge in [0, 0.05) is 25.4 Å². The first-order valence-electron chi connectivity index (χ1n) is 12.2. The van der Waals surface area contributed by atoms with Crippen LogP contribution in [0.2, 0.25) is 0 Å². The molecule has 0 unspecified atom stereocenters. The van der Waals surface area contributed by atoms with Crippen molar-refractivity contribution in [3.05, 3.63) is 59.1 Å². The number of carbonyl (C=O) groups is 3. The molecule has 2 amide bonds. The molecule has 1 fully saturated rings. The molecule has 2 aliphatic heterocycles. The van der Waals surface area contributed by atoms with Gasteiger partial charge in [0.25, 0.3) is 11.8 Å². The Morgan fingerprint density at radius 3 is 2.38 bits per heavy atom. The van der Waals surface area contributed by atoms with E-state index in [-0.39, 0.29) is 70.8 Å². The van der Waals surface area contributed by atoms with Crippen molar-refractivity contribution in [1.29, 1.82) is 0 Å². The molecule has 2 aliphatic rings. The standard InChI is InChI=1S/C26H23N5O7S/c1-14-24(15(2)31(28-14)16(3)32)30-25(33)21-18-13-17(39(35,36)29-8-11-37-12-9-29)6-7-19(18)27-23(22(21)26(30)34)20-5-4-10-38-20/h4-7,10,13H,8-9,11-12H2,1-3H3. The number of pyridine rings is 1. The van der Waals surface area contributed by atoms with E-state index >= 15 is 0 Å². The van der Waals surface area contributed by atoms with Gasteiger partial charge < -0.3 is 9.15 Å². The highest BCUT2D eigenvalue weighted by Gasteiger charge is 2.44. The van der Waals surface area contributed by atoms with Crippen LogP contribution in [-0.2, 0) is 14.8 Å². The van der Waals surface area contributed by atoms with Crippen LogP contribution in [-0.4, -0.2) is 71.5 Å². The lowest BCUT2D eigenvalue weighted by Gasteiger charge is -2.26. The fourth-order valence-electron chi connectivity index (χ4n) is 5.14. The van der Waals surface area contributed by atoms with E-state index in [0.29, 0.717) is 16.9 Å². The average molecular weight is 550 g/mol. The van der Waals surface area contributed by atoms with E-state index in [4.69, 9.17) is 9.15 Å². The van der Waals surface area contributed by atoms with Crippen LogP contribution < -0.4 is 4.90 Å². The zero-order valence-electron chi connectivity index (χ0n) is 21.3. The van der Waals surface area contributed by atoms with E-state index in [1.54, 1.807) is 26.0 Å². The Balaban J connectivity index is 1.59. The molecule has 0 aliphatic carbocycles. The third kappa shape index (κ3) is 3.72. The van der Waals surface area contributed by atoms with Crippen molar-refractivity contribution in [2.75, 3.05) is 31.2 Å². The van der Waals surface area contributed by atoms with Crippen LogP contribution in [0.25, 0.3) is 22.4 Å². The van der Waals surface area contributed by atoms with Gasteiger partial charge in [-0.15, -0.1) is 0 Å². The number of morpholine rings is 1. The Labute approximate surface area is 222 Å². The highest BCUT2D eigenvalue weighted by molar-refractivity contribution is 7.89. The molecule has 12 nitrogen and oxygen atoms in total. The van der Waals surface area contributed by atoms with E-state index in [1.807, 2.05) is 0 Å². The fraction of sp³-hybridized carbons (Fsp3) is 0.269. The number of imide groups is 1. The van der Waals surface area contributed by atoms with E-state index in [1.165, 1.54) is 35.7 Å². The minimum Gasteiger partial charge on any atom is -0.463 e. The molecular formula is C26H23N5O7S. The number of hydrogen-bond acceptors (Lipinski definition) is 9. The highest BCUT2D eigenvalue weighted by Crippen LogP contribution is 2.40. The Morgan fingerprint density at radius 2 is 1.74 bits per heavy atom. The number of aromatic nitrogens is 3. The van der Waals surface area contributed by atoms with Gasteiger partial charge >= 0.3 is 0 Å². The largest absolute Gasteiger partial charge is 0.463 e. The second-order valence-corrected chi connectivity index (χ2v) is 11.2. The van der Waals surface area contributed by atoms with Crippen molar-refractivity contribution in [2.24, 2.45) is 0 Å². The van der Waals surface area contributed by atoms with Crippen molar-refractivity contribution in [2.45, 2.75) is 25.7 Å². The number of sulfonamides is 1. The number of benzene rings is 1. The molecule has 5 heterocycles. The summed E-state index contributed by atoms with van der Waals surface area (Å²) in [5.74, 6) is -1.45. The van der Waals surface area contributed by atoms with Gasteiger partial charge in [0.05, 0.1) is 58.1 Å². The van der Waals surface area contributed by atoms with Crippen LogP contribution in [0.15, 0.2) is 45.9 Å². The van der Waals surface area contributed by atoms with Crippen LogP contribution >= 0.6 is 0 Å². The summed E-state index contributed by atoms with van der Waals surface area (Å²) in [4.78, 5) is 45.6. The smallest absolute Gasteiger partial charge is 0.268 e. The predicted octanol–water partition coefficient (Wildman–Crippen LogP) is 2.79. The first-order valence-corrected chi connectivity index (χ1v) is 13.6. The number of aryl methyl sites for hydroxylation is 1. The summed E-state index contributed by atoms with van der Waals surface area (Å²) in [6.07, 6.45) is 1.43. The molecule has 4 aromatic rings. The first kappa shape index (κ1) is 25.1. The molecule has 0 atom stereocenters. The Hall–Kier alpha value is -4.20. The second-order valence-electron chi connectivity index (χ2n) is 9.28. The first-order chi connectivity index (χ1) is 18.6. The van der Waals surface area contributed by atoms with Crippen LogP contribution in [0, 0.1) is 13.8 Å². The van der Waals surface area contributed by atoms with Crippen LogP contribution in [0.4, 0.5) is 5.69 Å². The van der Waals surface area contributed by atoms with Crippen LogP contribution in [0.3, 0.4) is 0 Å². The van der Waals surface area contributed by atoms with Crippen molar-refractivity contribution < 1.29 is 32.0 Å². The summed E-state index contributed by atoms with van der Waals surface area (Å²) < 4.78 is 40.1. The number of rotatable bonds is 4. The maximum atomic E-state index is 14.0. The lowest BCUT2D eigenvalue weighted by Crippen LogP contribution is -2.40. The maximum Gasteiger partial charge on any atom is 0.268 e. The van der Waals surface area contributed by atoms with Gasteiger partial charge in [0.1, 0.15) is 5.69 Å². The molecule has 39 heavy (non-hydrogen) atoms. The number of hydrogen-bond donors (Lipinski definition) is 0. The van der Waals surface area contributed by atoms with Gasteiger partial charge in [0.2, 0.25) is 15.9 Å². The van der Waals surface area contributed by atoms with Gasteiger partial charge in [-0.2, -0.15) is 9.40 Å². The molecule has 1 saturated heterocycles. The number of ether oxygens (including phenoxy) is 1. The molecular weight excluding hydrogens is 526 g/mol. The van der Waals surface area contributed by atoms with Crippen molar-refractivity contribution in [3.8, 4) is 11.5 Å². The summed E-state index contributed by atoms with van der Waals surface area (Å²) in [6, 6.07) is 7.58. The molecule has 6 rings (SSSR count). The van der Waals surface area contributed by atoms with Crippen molar-refractivity contribution in [3.63, 3.8) is 0 Å². The zero-order valence-corrected chi connectivity index (χ0v) is 22.1. The third-order valence-electron chi connectivity index (χ3n) is 6.93. The number of nitrogens with zero attached hydrogens (tertiary/aromatic N) is 5. The number of carbonyl (C=O) groups excluding carboxylic acids is 3. The minimum atomic E-state index is -3.89. The molecule has 0 N–H and O–H groups in total. The second kappa shape index (κ2) is 8.93. The summed E-state index contributed by atoms with van der Waals surface area (Å²) in [5.41, 5.74) is 1.28. The predicted molar refractivity (Wildman–Crippen MR) is 138 cm³/mol. The van der Waals surface area contributed by atoms with Gasteiger partial charge in [-0.25, -0.2) is 23.0 Å². The number of furan rings is 1.